The second kappa shape index (κ2) is 7.70. The van der Waals surface area contributed by atoms with Crippen molar-refractivity contribution in [1.29, 1.82) is 0 Å². The first-order chi connectivity index (χ1) is 15.0. The van der Waals surface area contributed by atoms with Crippen molar-refractivity contribution in [2.75, 3.05) is 4.90 Å². The van der Waals surface area contributed by atoms with Crippen LogP contribution in [0.25, 0.3) is 22.2 Å². The minimum absolute atomic E-state index is 0.0223. The topological polar surface area (TPSA) is 66.8 Å². The van der Waals surface area contributed by atoms with Crippen molar-refractivity contribution in [2.45, 2.75) is 26.2 Å². The zero-order chi connectivity index (χ0) is 21.7. The number of fused-ring (bicyclic) bond motifs is 1. The van der Waals surface area contributed by atoms with Crippen molar-refractivity contribution in [1.82, 2.24) is 19.7 Å². The van der Waals surface area contributed by atoms with Gasteiger partial charge in [0.05, 0.1) is 35.5 Å². The number of halogens is 3. The molecule has 31 heavy (non-hydrogen) atoms. The summed E-state index contributed by atoms with van der Waals surface area (Å²) in [5, 5.41) is 3.92. The van der Waals surface area contributed by atoms with E-state index in [2.05, 4.69) is 37.7 Å². The van der Waals surface area contributed by atoms with Gasteiger partial charge in [-0.1, -0.05) is 6.92 Å². The van der Waals surface area contributed by atoms with Gasteiger partial charge in [-0.05, 0) is 64.9 Å². The highest BCUT2D eigenvalue weighted by Crippen LogP contribution is 2.47. The normalized spacial score (nSPS) is 18.6. The third-order valence-corrected chi connectivity index (χ3v) is 6.69. The van der Waals surface area contributed by atoms with Crippen LogP contribution in [0.3, 0.4) is 0 Å². The Balaban J connectivity index is 1.56. The van der Waals surface area contributed by atoms with Crippen molar-refractivity contribution in [2.24, 2.45) is 5.92 Å². The smallest absolute Gasteiger partial charge is 0.233 e. The highest BCUT2D eigenvalue weighted by Gasteiger charge is 2.49. The number of anilines is 1. The van der Waals surface area contributed by atoms with Gasteiger partial charge in [-0.25, -0.2) is 18.4 Å². The van der Waals surface area contributed by atoms with Crippen LogP contribution in [0, 0.1) is 15.3 Å². The molecule has 0 bridgehead atoms. The average Bonchev–Trinajstić information content (AvgIpc) is 3.42. The van der Waals surface area contributed by atoms with Crippen molar-refractivity contribution < 1.29 is 13.6 Å². The van der Waals surface area contributed by atoms with Gasteiger partial charge in [0.15, 0.2) is 6.80 Å². The molecule has 9 heteroatoms. The van der Waals surface area contributed by atoms with Crippen LogP contribution in [0.5, 0.6) is 0 Å². The third-order valence-electron chi connectivity index (χ3n) is 5.80. The maximum Gasteiger partial charge on any atom is 0.233 e. The van der Waals surface area contributed by atoms with E-state index in [1.807, 2.05) is 31.2 Å². The highest BCUT2D eigenvalue weighted by molar-refractivity contribution is 14.1. The summed E-state index contributed by atoms with van der Waals surface area (Å²) in [5.74, 6) is -0.708. The van der Waals surface area contributed by atoms with Crippen molar-refractivity contribution in [3.63, 3.8) is 0 Å². The second-order valence-electron chi connectivity index (χ2n) is 7.51. The van der Waals surface area contributed by atoms with Crippen molar-refractivity contribution >= 4 is 45.2 Å². The monoisotopic (exact) mass is 533 g/mol. The molecule has 158 valence electrons. The molecular formula is C22H18F2IN5O. The van der Waals surface area contributed by atoms with Crippen LogP contribution in [0.1, 0.15) is 24.9 Å². The molecule has 1 aliphatic rings. The number of alkyl halides is 1. The number of benzene rings is 2. The fourth-order valence-electron chi connectivity index (χ4n) is 4.25. The first-order valence-corrected chi connectivity index (χ1v) is 10.9. The van der Waals surface area contributed by atoms with Crippen LogP contribution in [-0.4, -0.2) is 25.7 Å². The molecular weight excluding hydrogens is 515 g/mol. The summed E-state index contributed by atoms with van der Waals surface area (Å²) in [6, 6.07) is 8.44. The molecule has 4 aromatic rings. The van der Waals surface area contributed by atoms with Gasteiger partial charge in [-0.3, -0.25) is 4.79 Å². The van der Waals surface area contributed by atoms with Crippen LogP contribution in [0.15, 0.2) is 49.1 Å². The summed E-state index contributed by atoms with van der Waals surface area (Å²) in [7, 11) is 0. The van der Waals surface area contributed by atoms with E-state index in [9.17, 15) is 9.18 Å². The van der Waals surface area contributed by atoms with Gasteiger partial charge in [0.2, 0.25) is 5.91 Å². The van der Waals surface area contributed by atoms with Crippen LogP contribution in [0.4, 0.5) is 14.5 Å². The minimum atomic E-state index is -0.741. The number of carbonyl (C=O) groups is 1. The Morgan fingerprint density at radius 3 is 2.77 bits per heavy atom. The number of β-lactam (4-membered cyclic amide) rings is 1. The summed E-state index contributed by atoms with van der Waals surface area (Å²) < 4.78 is 30.1. The molecule has 0 unspecified atom stereocenters. The number of hydrogen-bond donors (Lipinski definition) is 1. The number of rotatable bonds is 5. The molecule has 5 rings (SSSR count). The molecule has 0 aliphatic carbocycles. The van der Waals surface area contributed by atoms with Gasteiger partial charge in [-0.15, -0.1) is 0 Å². The van der Waals surface area contributed by atoms with Crippen LogP contribution >= 0.6 is 22.6 Å². The number of H-pyrrole nitrogens is 1. The lowest BCUT2D eigenvalue weighted by atomic mass is 9.79. The van der Waals surface area contributed by atoms with E-state index < -0.39 is 18.7 Å². The maximum absolute atomic E-state index is 15.4. The number of amides is 1. The third kappa shape index (κ3) is 3.22. The minimum Gasteiger partial charge on any atom is -0.345 e. The van der Waals surface area contributed by atoms with Crippen molar-refractivity contribution in [3.8, 4) is 11.1 Å². The standard InChI is InChI=1S/C22H18F2IN5O/c1-2-15-21(30(22(15)31)14-3-4-18-19(7-14)27-11-26-18)20-16(24)5-12(6-17(20)25)13-8-28-29(9-13)10-23/h3-9,11,15,21H,2,10H2,1H3,(H,26,27)/t15-,21-/m1/s1. The molecule has 1 amide bonds. The zero-order valence-electron chi connectivity index (χ0n) is 16.5. The fourth-order valence-corrected chi connectivity index (χ4v) is 5.16. The fraction of sp³-hybridized carbons (Fsp3) is 0.227. The average molecular weight is 533 g/mol. The molecule has 0 spiro atoms. The largest absolute Gasteiger partial charge is 0.345 e. The Labute approximate surface area is 190 Å². The number of carbonyl (C=O) groups excluding carboxylic acids is 1. The summed E-state index contributed by atoms with van der Waals surface area (Å²) >= 11 is 2.11. The van der Waals surface area contributed by atoms with E-state index in [-0.39, 0.29) is 11.8 Å². The molecule has 1 N–H and O–H groups in total. The number of nitrogens with one attached hydrogen (secondary N) is 1. The molecule has 1 aliphatic heterocycles. The van der Waals surface area contributed by atoms with Gasteiger partial charge in [0.1, 0.15) is 5.82 Å². The van der Waals surface area contributed by atoms with E-state index in [1.165, 1.54) is 18.5 Å². The van der Waals surface area contributed by atoms with E-state index >= 15 is 4.39 Å². The van der Waals surface area contributed by atoms with E-state index in [0.717, 1.165) is 15.7 Å². The van der Waals surface area contributed by atoms with E-state index in [4.69, 9.17) is 0 Å². The van der Waals surface area contributed by atoms with E-state index in [0.29, 0.717) is 32.4 Å². The van der Waals surface area contributed by atoms with Crippen LogP contribution in [0.2, 0.25) is 0 Å². The van der Waals surface area contributed by atoms with Crippen LogP contribution < -0.4 is 4.90 Å². The van der Waals surface area contributed by atoms with E-state index in [1.54, 1.807) is 11.2 Å². The summed E-state index contributed by atoms with van der Waals surface area (Å²) in [6.07, 6.45) is 5.27. The Kier molecular flexibility index (Phi) is 4.99. The SMILES string of the molecule is CC[C@H]1C(=O)N(c2ccc3[nH]cnc3c2)[C@H]1c1c(F)cc(-c2cnn(CF)c2)cc1I. The lowest BCUT2D eigenvalue weighted by molar-refractivity contribution is -0.130. The molecule has 1 fully saturated rings. The molecule has 2 aromatic heterocycles. The second-order valence-corrected chi connectivity index (χ2v) is 8.68. The quantitative estimate of drug-likeness (QED) is 0.283. The predicted molar refractivity (Wildman–Crippen MR) is 122 cm³/mol. The Bertz CT molecular complexity index is 1280. The number of aromatic amines is 1. The number of aromatic nitrogens is 4. The number of nitrogens with zero attached hydrogens (tertiary/aromatic N) is 4. The lowest BCUT2D eigenvalue weighted by Crippen LogP contribution is -2.55. The molecule has 2 aromatic carbocycles. The van der Waals surface area contributed by atoms with Crippen molar-refractivity contribution in [3.05, 3.63) is 64.0 Å². The molecule has 6 nitrogen and oxygen atoms in total. The van der Waals surface area contributed by atoms with Gasteiger partial charge in [0, 0.05) is 26.6 Å². The Morgan fingerprint density at radius 2 is 2.06 bits per heavy atom. The van der Waals surface area contributed by atoms with Gasteiger partial charge in [0.25, 0.3) is 0 Å². The van der Waals surface area contributed by atoms with Gasteiger partial charge in [-0.2, -0.15) is 5.10 Å². The Morgan fingerprint density at radius 1 is 1.23 bits per heavy atom. The zero-order valence-corrected chi connectivity index (χ0v) is 18.7. The lowest BCUT2D eigenvalue weighted by Gasteiger charge is -2.47. The van der Waals surface area contributed by atoms with Gasteiger partial charge >= 0.3 is 0 Å². The molecule has 3 heterocycles. The molecule has 2 atom stereocenters. The maximum atomic E-state index is 15.4. The summed E-state index contributed by atoms with van der Waals surface area (Å²) in [4.78, 5) is 21.9. The Hall–Kier alpha value is -2.82. The summed E-state index contributed by atoms with van der Waals surface area (Å²) in [6.45, 7) is 1.20. The number of hydrogen-bond acceptors (Lipinski definition) is 3. The summed E-state index contributed by atoms with van der Waals surface area (Å²) in [5.41, 5.74) is 4.07. The van der Waals surface area contributed by atoms with Gasteiger partial charge < -0.3 is 9.88 Å². The highest BCUT2D eigenvalue weighted by atomic mass is 127. The number of imidazole rings is 1. The predicted octanol–water partition coefficient (Wildman–Crippen LogP) is 5.21. The first-order valence-electron chi connectivity index (χ1n) is 9.85. The molecule has 0 saturated carbocycles. The van der Waals surface area contributed by atoms with Crippen LogP contribution in [-0.2, 0) is 11.6 Å². The molecule has 0 radical (unpaired) electrons. The molecule has 1 saturated heterocycles. The first kappa shape index (κ1) is 20.1.